The van der Waals surface area contributed by atoms with Crippen LogP contribution in [-0.4, -0.2) is 35.2 Å². The molecule has 2 atom stereocenters. The quantitative estimate of drug-likeness (QED) is 0.270. The van der Waals surface area contributed by atoms with Crippen molar-refractivity contribution in [2.45, 2.75) is 10.5 Å². The minimum absolute atomic E-state index is 0. The molecule has 1 saturated heterocycles. The van der Waals surface area contributed by atoms with Gasteiger partial charge in [-0.3, -0.25) is 0 Å². The van der Waals surface area contributed by atoms with Crippen molar-refractivity contribution in [3.63, 3.8) is 0 Å². The van der Waals surface area contributed by atoms with Gasteiger partial charge in [0.1, 0.15) is 5.38 Å². The maximum absolute atomic E-state index is 10.1. The zero-order chi connectivity index (χ0) is 7.99. The van der Waals surface area contributed by atoms with E-state index in [0.717, 1.165) is 0 Å². The molecule has 11 heavy (non-hydrogen) atoms. The number of alkyl halides is 1. The molecular formula is C3H4ClNaO5S. The van der Waals surface area contributed by atoms with Crippen molar-refractivity contribution < 1.29 is 52.4 Å². The summed E-state index contributed by atoms with van der Waals surface area (Å²) in [6.45, 7) is -0.125. The van der Waals surface area contributed by atoms with E-state index >= 15 is 0 Å². The van der Waals surface area contributed by atoms with E-state index in [4.69, 9.17) is 16.7 Å². The molecule has 60 valence electrons. The van der Waals surface area contributed by atoms with Crippen LogP contribution in [0.4, 0.5) is 0 Å². The Balaban J connectivity index is 0.000001000. The third-order valence-corrected chi connectivity index (χ3v) is 2.86. The van der Waals surface area contributed by atoms with E-state index in [1.807, 2.05) is 0 Å². The van der Waals surface area contributed by atoms with E-state index < -0.39 is 20.6 Å². The molecule has 1 N–H and O–H groups in total. The van der Waals surface area contributed by atoms with E-state index in [9.17, 15) is 13.0 Å². The average molecular weight is 211 g/mol. The normalized spacial score (nSPS) is 37.2. The van der Waals surface area contributed by atoms with Gasteiger partial charge in [0.2, 0.25) is 0 Å². The third-order valence-electron chi connectivity index (χ3n) is 1.19. The summed E-state index contributed by atoms with van der Waals surface area (Å²) >= 11 is 5.19. The van der Waals surface area contributed by atoms with Gasteiger partial charge in [-0.2, -0.15) is 0 Å². The van der Waals surface area contributed by atoms with Gasteiger partial charge in [0.15, 0.2) is 10.1 Å². The Bertz CT molecular complexity index is 240. The SMILES string of the molecule is O=S(=O)([O-])C1(O)OCC1Cl.[Na+]. The van der Waals surface area contributed by atoms with Gasteiger partial charge in [-0.1, -0.05) is 0 Å². The van der Waals surface area contributed by atoms with Gasteiger partial charge in [-0.15, -0.1) is 11.6 Å². The summed E-state index contributed by atoms with van der Waals surface area (Å²) in [6.07, 6.45) is 0. The topological polar surface area (TPSA) is 86.7 Å². The Kier molecular flexibility index (Phi) is 3.82. The first kappa shape index (κ1) is 12.1. The molecule has 1 heterocycles. The molecule has 0 aliphatic carbocycles. The predicted molar refractivity (Wildman–Crippen MR) is 30.2 cm³/mol. The first-order valence-electron chi connectivity index (χ1n) is 2.34. The van der Waals surface area contributed by atoms with Gasteiger partial charge in [0.25, 0.3) is 5.12 Å². The molecule has 2 unspecified atom stereocenters. The Labute approximate surface area is 90.7 Å². The Morgan fingerprint density at radius 2 is 2.18 bits per heavy atom. The summed E-state index contributed by atoms with van der Waals surface area (Å²) in [5.41, 5.74) is 0. The summed E-state index contributed by atoms with van der Waals surface area (Å²) < 4.78 is 34.5. The van der Waals surface area contributed by atoms with Crippen LogP contribution in [0, 0.1) is 0 Å². The number of rotatable bonds is 1. The van der Waals surface area contributed by atoms with Crippen LogP contribution in [0.25, 0.3) is 0 Å². The molecule has 0 saturated carbocycles. The number of halogens is 1. The molecule has 0 aromatic heterocycles. The van der Waals surface area contributed by atoms with E-state index in [1.54, 1.807) is 0 Å². The zero-order valence-corrected chi connectivity index (χ0v) is 9.22. The summed E-state index contributed by atoms with van der Waals surface area (Å²) in [7, 11) is -4.86. The first-order chi connectivity index (χ1) is 4.38. The summed E-state index contributed by atoms with van der Waals surface area (Å²) in [4.78, 5) is 0. The monoisotopic (exact) mass is 210 g/mol. The van der Waals surface area contributed by atoms with Crippen molar-refractivity contribution in [2.24, 2.45) is 0 Å². The number of ether oxygens (including phenoxy) is 1. The largest absolute Gasteiger partial charge is 1.00 e. The Hall–Kier alpha value is 1.12. The van der Waals surface area contributed by atoms with Gasteiger partial charge in [0.05, 0.1) is 6.61 Å². The summed E-state index contributed by atoms with van der Waals surface area (Å²) in [6, 6.07) is 0. The van der Waals surface area contributed by atoms with Crippen molar-refractivity contribution in [1.29, 1.82) is 0 Å². The Morgan fingerprint density at radius 3 is 2.18 bits per heavy atom. The van der Waals surface area contributed by atoms with Gasteiger partial charge in [-0.25, -0.2) is 8.42 Å². The van der Waals surface area contributed by atoms with E-state index in [2.05, 4.69) is 4.74 Å². The van der Waals surface area contributed by atoms with E-state index in [1.165, 1.54) is 0 Å². The molecule has 1 fully saturated rings. The van der Waals surface area contributed by atoms with Crippen molar-refractivity contribution in [3.05, 3.63) is 0 Å². The molecule has 5 nitrogen and oxygen atoms in total. The minimum Gasteiger partial charge on any atom is -0.744 e. The molecule has 0 amide bonds. The predicted octanol–water partition coefficient (Wildman–Crippen LogP) is -4.18. The molecule has 0 bridgehead atoms. The van der Waals surface area contributed by atoms with Crippen LogP contribution in [0.3, 0.4) is 0 Å². The van der Waals surface area contributed by atoms with E-state index in [0.29, 0.717) is 0 Å². The fourth-order valence-corrected chi connectivity index (χ4v) is 1.56. The number of aliphatic hydroxyl groups is 1. The van der Waals surface area contributed by atoms with Crippen molar-refractivity contribution in [2.75, 3.05) is 6.61 Å². The zero-order valence-electron chi connectivity index (χ0n) is 5.65. The molecule has 8 heteroatoms. The molecule has 0 aromatic rings. The van der Waals surface area contributed by atoms with Crippen LogP contribution in [0.15, 0.2) is 0 Å². The van der Waals surface area contributed by atoms with E-state index in [-0.39, 0.29) is 36.2 Å². The van der Waals surface area contributed by atoms with Crippen molar-refractivity contribution in [1.82, 2.24) is 0 Å². The number of hydrogen-bond donors (Lipinski definition) is 1. The second kappa shape index (κ2) is 3.47. The molecule has 1 aliphatic heterocycles. The molecule has 1 rings (SSSR count). The molecule has 0 aromatic carbocycles. The maximum atomic E-state index is 10.1. The molecule has 1 aliphatic rings. The fraction of sp³-hybridized carbons (Fsp3) is 1.00. The standard InChI is InChI=1S/C3H5ClO5S.Na/c4-2-1-9-3(2,5)10(6,7)8;/h2,5H,1H2,(H,6,7,8);/q;+1/p-1. The van der Waals surface area contributed by atoms with Crippen LogP contribution in [0.5, 0.6) is 0 Å². The van der Waals surface area contributed by atoms with Crippen LogP contribution >= 0.6 is 11.6 Å². The van der Waals surface area contributed by atoms with Gasteiger partial charge in [-0.05, 0) is 0 Å². The first-order valence-corrected chi connectivity index (χ1v) is 4.18. The second-order valence-electron chi connectivity index (χ2n) is 1.86. The van der Waals surface area contributed by atoms with Crippen LogP contribution in [0.2, 0.25) is 0 Å². The summed E-state index contributed by atoms with van der Waals surface area (Å²) in [5.74, 6) is 0. The Morgan fingerprint density at radius 1 is 1.73 bits per heavy atom. The fourth-order valence-electron chi connectivity index (χ4n) is 0.518. The molecule has 0 spiro atoms. The second-order valence-corrected chi connectivity index (χ2v) is 3.88. The van der Waals surface area contributed by atoms with Crippen LogP contribution in [0.1, 0.15) is 0 Å². The summed E-state index contributed by atoms with van der Waals surface area (Å²) in [5, 5.41) is 4.90. The van der Waals surface area contributed by atoms with Gasteiger partial charge >= 0.3 is 29.6 Å². The van der Waals surface area contributed by atoms with Gasteiger partial charge < -0.3 is 14.4 Å². The van der Waals surface area contributed by atoms with Crippen LogP contribution in [-0.2, 0) is 14.9 Å². The van der Waals surface area contributed by atoms with Crippen LogP contribution < -0.4 is 29.6 Å². The molecular weight excluding hydrogens is 207 g/mol. The van der Waals surface area contributed by atoms with Gasteiger partial charge in [0, 0.05) is 0 Å². The maximum Gasteiger partial charge on any atom is 1.00 e. The third kappa shape index (κ3) is 1.89. The van der Waals surface area contributed by atoms with Crippen molar-refractivity contribution >= 4 is 21.7 Å². The smallest absolute Gasteiger partial charge is 0.744 e. The average Bonchev–Trinajstić information content (AvgIpc) is 1.80. The molecule has 0 radical (unpaired) electrons. The number of hydrogen-bond acceptors (Lipinski definition) is 5. The van der Waals surface area contributed by atoms with Crippen molar-refractivity contribution in [3.8, 4) is 0 Å². The minimum atomic E-state index is -4.86.